The predicted octanol–water partition coefficient (Wildman–Crippen LogP) is 1.77. The number of hydrogen-bond donors (Lipinski definition) is 2. The van der Waals surface area contributed by atoms with Crippen molar-refractivity contribution in [2.24, 2.45) is 16.6 Å². The van der Waals surface area contributed by atoms with Crippen LogP contribution in [0.25, 0.3) is 0 Å². The van der Waals surface area contributed by atoms with Crippen LogP contribution in [0.1, 0.15) is 25.3 Å². The minimum atomic E-state index is -1.49. The number of benzene rings is 2. The summed E-state index contributed by atoms with van der Waals surface area (Å²) in [6.07, 6.45) is 0. The zero-order valence-corrected chi connectivity index (χ0v) is 16.9. The van der Waals surface area contributed by atoms with Crippen molar-refractivity contribution in [1.29, 1.82) is 10.5 Å². The average molecular weight is 403 g/mol. The second-order valence-electron chi connectivity index (χ2n) is 7.28. The fourth-order valence-electron chi connectivity index (χ4n) is 4.74. The Hall–Kier alpha value is -3.39. The zero-order chi connectivity index (χ0) is 21.4. The summed E-state index contributed by atoms with van der Waals surface area (Å²) in [5, 5.41) is 20.5. The van der Waals surface area contributed by atoms with Gasteiger partial charge in [0.2, 0.25) is 0 Å². The van der Waals surface area contributed by atoms with Crippen molar-refractivity contribution in [3.05, 3.63) is 60.2 Å². The highest BCUT2D eigenvalue weighted by atomic mass is 16.7. The van der Waals surface area contributed by atoms with E-state index in [9.17, 15) is 10.5 Å². The maximum atomic E-state index is 10.3. The highest BCUT2D eigenvalue weighted by Crippen LogP contribution is 2.78. The van der Waals surface area contributed by atoms with E-state index in [1.807, 2.05) is 68.4 Å². The molecule has 0 saturated heterocycles. The second kappa shape index (κ2) is 7.14. The van der Waals surface area contributed by atoms with E-state index in [1.54, 1.807) is 0 Å². The van der Waals surface area contributed by atoms with Crippen molar-refractivity contribution in [3.8, 4) is 23.6 Å². The fourth-order valence-corrected chi connectivity index (χ4v) is 4.74. The lowest BCUT2D eigenvalue weighted by atomic mass is 9.93. The number of rotatable bonds is 7. The van der Waals surface area contributed by atoms with Gasteiger partial charge in [-0.05, 0) is 43.7 Å². The van der Waals surface area contributed by atoms with Crippen molar-refractivity contribution < 1.29 is 19.2 Å². The summed E-state index contributed by atoms with van der Waals surface area (Å²) in [6, 6.07) is 21.4. The van der Waals surface area contributed by atoms with Gasteiger partial charge in [-0.2, -0.15) is 10.5 Å². The van der Waals surface area contributed by atoms with Crippen molar-refractivity contribution in [2.75, 3.05) is 13.2 Å². The number of nitrogens with zero attached hydrogens (tertiary/aromatic N) is 2. The van der Waals surface area contributed by atoms with E-state index < -0.39 is 22.7 Å². The fraction of sp³-hybridized carbons (Fsp3) is 0.348. The molecule has 0 spiro atoms. The minimum absolute atomic E-state index is 0.188. The smallest absolute Gasteiger partial charge is 0.343 e. The van der Waals surface area contributed by atoms with Gasteiger partial charge in [0.1, 0.15) is 11.5 Å². The molecule has 7 heteroatoms. The summed E-state index contributed by atoms with van der Waals surface area (Å²) in [5.74, 6) is -0.533. The van der Waals surface area contributed by atoms with Crippen LogP contribution in [-0.4, -0.2) is 25.0 Å². The van der Waals surface area contributed by atoms with Gasteiger partial charge in [0.15, 0.2) is 10.8 Å². The van der Waals surface area contributed by atoms with Gasteiger partial charge in [0.25, 0.3) is 5.84 Å². The first kappa shape index (κ1) is 19.9. The average Bonchev–Trinajstić information content (AvgIpc) is 3.34. The van der Waals surface area contributed by atoms with Crippen LogP contribution in [0.5, 0.6) is 11.5 Å². The topological polar surface area (TPSA) is 115 Å². The number of para-hydroxylation sites is 1. The van der Waals surface area contributed by atoms with Gasteiger partial charge in [0.05, 0.1) is 25.4 Å². The molecule has 0 radical (unpaired) electrons. The van der Waals surface area contributed by atoms with Gasteiger partial charge in [0, 0.05) is 5.92 Å². The summed E-state index contributed by atoms with van der Waals surface area (Å²) < 4.78 is 17.8. The first-order chi connectivity index (χ1) is 14.5. The number of hydrogen-bond acceptors (Lipinski definition) is 6. The highest BCUT2D eigenvalue weighted by molar-refractivity contribution is 5.95. The number of nitrogens with one attached hydrogen (secondary N) is 1. The Morgan fingerprint density at radius 3 is 2.23 bits per heavy atom. The molecule has 2 aromatic carbocycles. The molecule has 152 valence electrons. The number of nitrogens with two attached hydrogens (primary N) is 1. The van der Waals surface area contributed by atoms with Crippen LogP contribution in [0, 0.1) is 33.5 Å². The third-order valence-electron chi connectivity index (χ3n) is 5.87. The molecular formula is C23H23N4O3+. The van der Waals surface area contributed by atoms with E-state index in [2.05, 4.69) is 17.1 Å². The lowest BCUT2D eigenvalue weighted by Gasteiger charge is -2.29. The van der Waals surface area contributed by atoms with E-state index in [-0.39, 0.29) is 19.0 Å². The lowest BCUT2D eigenvalue weighted by Crippen LogP contribution is -2.91. The van der Waals surface area contributed by atoms with Crippen molar-refractivity contribution in [1.82, 2.24) is 0 Å². The molecule has 0 unspecified atom stereocenters. The zero-order valence-electron chi connectivity index (χ0n) is 16.9. The molecule has 1 fully saturated rings. The molecule has 3 N–H and O–H groups in total. The molecule has 0 aromatic heterocycles. The van der Waals surface area contributed by atoms with Crippen LogP contribution < -0.4 is 15.5 Å². The maximum Gasteiger partial charge on any atom is 0.343 e. The Bertz CT molecular complexity index is 1070. The molecule has 1 aliphatic carbocycles. The first-order valence-corrected chi connectivity index (χ1v) is 9.89. The molecule has 3 atom stereocenters. The molecular weight excluding hydrogens is 380 g/mol. The van der Waals surface area contributed by atoms with Gasteiger partial charge in [-0.1, -0.05) is 30.3 Å². The molecule has 30 heavy (non-hydrogen) atoms. The Morgan fingerprint density at radius 2 is 1.63 bits per heavy atom. The standard InChI is InChI=1S/C23H22N4O3/c1-3-28-23(29-4-2)22(15-25)19(21(22,14-24)20(26)27-23)16-9-8-12-18(13-16)30-17-10-6-5-7-11-17/h5-13,19H,3-4H2,1-2H3,(H2,26,27)/p+1/t19-,21+,22+/m0/s1. The molecule has 2 aromatic rings. The van der Waals surface area contributed by atoms with Crippen molar-refractivity contribution in [2.45, 2.75) is 25.7 Å². The third kappa shape index (κ3) is 2.40. The summed E-state index contributed by atoms with van der Waals surface area (Å²) in [4.78, 5) is 2.98. The number of nitriles is 2. The molecule has 7 nitrogen and oxygen atoms in total. The Kier molecular flexibility index (Phi) is 4.74. The van der Waals surface area contributed by atoms with Gasteiger partial charge in [-0.25, -0.2) is 4.99 Å². The molecule has 1 aliphatic heterocycles. The van der Waals surface area contributed by atoms with E-state index in [0.29, 0.717) is 11.5 Å². The van der Waals surface area contributed by atoms with Crippen LogP contribution >= 0.6 is 0 Å². The second-order valence-corrected chi connectivity index (χ2v) is 7.28. The van der Waals surface area contributed by atoms with Crippen LogP contribution in [-0.2, 0) is 9.47 Å². The summed E-state index contributed by atoms with van der Waals surface area (Å²) >= 11 is 0. The van der Waals surface area contributed by atoms with Crippen LogP contribution in [0.15, 0.2) is 54.6 Å². The van der Waals surface area contributed by atoms with Crippen LogP contribution in [0.3, 0.4) is 0 Å². The van der Waals surface area contributed by atoms with Gasteiger partial charge < -0.3 is 14.2 Å². The van der Waals surface area contributed by atoms with Crippen molar-refractivity contribution in [3.63, 3.8) is 0 Å². The molecule has 2 aliphatic rings. The van der Waals surface area contributed by atoms with E-state index in [0.717, 1.165) is 5.56 Å². The number of ether oxygens (including phenoxy) is 3. The Labute approximate surface area is 175 Å². The minimum Gasteiger partial charge on any atom is -0.457 e. The van der Waals surface area contributed by atoms with Crippen LogP contribution in [0.4, 0.5) is 0 Å². The monoisotopic (exact) mass is 403 g/mol. The lowest BCUT2D eigenvalue weighted by molar-refractivity contribution is -0.693. The van der Waals surface area contributed by atoms with Crippen LogP contribution in [0.2, 0.25) is 0 Å². The molecule has 0 bridgehead atoms. The number of amidine groups is 1. The van der Waals surface area contributed by atoms with Gasteiger partial charge in [-0.15, -0.1) is 0 Å². The highest BCUT2D eigenvalue weighted by Gasteiger charge is 2.97. The number of fused-ring (bicyclic) bond motifs is 1. The maximum absolute atomic E-state index is 10.3. The third-order valence-corrected chi connectivity index (χ3v) is 5.87. The van der Waals surface area contributed by atoms with E-state index >= 15 is 0 Å². The summed E-state index contributed by atoms with van der Waals surface area (Å²) in [5.41, 5.74) is 4.47. The summed E-state index contributed by atoms with van der Waals surface area (Å²) in [7, 11) is 0. The molecule has 1 saturated carbocycles. The molecule has 4 rings (SSSR count). The first-order valence-electron chi connectivity index (χ1n) is 9.89. The van der Waals surface area contributed by atoms with Gasteiger partial charge in [-0.3, -0.25) is 5.73 Å². The quantitative estimate of drug-likeness (QED) is 0.681. The molecule has 0 amide bonds. The normalized spacial score (nSPS) is 28.0. The van der Waals surface area contributed by atoms with E-state index in [4.69, 9.17) is 19.9 Å². The summed E-state index contributed by atoms with van der Waals surface area (Å²) in [6.45, 7) is 4.19. The SMILES string of the molecule is CCOC1(OCC)[NH+]=C(N)[C@@]2(C#N)[C@H](c3cccc(Oc4ccccc4)c3)[C@@]12C#N. The predicted molar refractivity (Wildman–Crippen MR) is 108 cm³/mol. The molecule has 1 heterocycles. The van der Waals surface area contributed by atoms with E-state index in [1.165, 1.54) is 0 Å². The Balaban J connectivity index is 1.79. The Morgan fingerprint density at radius 1 is 0.967 bits per heavy atom. The largest absolute Gasteiger partial charge is 0.457 e. The van der Waals surface area contributed by atoms with Crippen molar-refractivity contribution >= 4 is 5.84 Å². The van der Waals surface area contributed by atoms with Gasteiger partial charge >= 0.3 is 5.91 Å².